The van der Waals surface area contributed by atoms with E-state index < -0.39 is 23.3 Å². The van der Waals surface area contributed by atoms with Gasteiger partial charge < -0.3 is 14.8 Å². The number of carbonyl (C=O) groups excluding carboxylic acids is 1. The van der Waals surface area contributed by atoms with Crippen LogP contribution in [-0.2, 0) is 15.1 Å². The number of anilines is 1. The van der Waals surface area contributed by atoms with E-state index in [1.54, 1.807) is 6.07 Å². The average molecular weight is 381 g/mol. The van der Waals surface area contributed by atoms with Crippen molar-refractivity contribution in [1.29, 1.82) is 0 Å². The Morgan fingerprint density at radius 1 is 0.926 bits per heavy atom. The summed E-state index contributed by atoms with van der Waals surface area (Å²) in [5.74, 6) is -0.945. The molecule has 0 aromatic heterocycles. The maximum atomic E-state index is 14.3. The molecule has 7 heteroatoms. The molecule has 0 bridgehead atoms. The number of carbonyl (C=O) groups is 1. The number of methoxy groups -OCH3 is 1. The van der Waals surface area contributed by atoms with Gasteiger partial charge in [-0.2, -0.15) is 13.2 Å². The second-order valence-electron chi connectivity index (χ2n) is 6.97. The lowest BCUT2D eigenvalue weighted by molar-refractivity contribution is -0.209. The molecule has 0 spiro atoms. The first-order chi connectivity index (χ1) is 12.5. The van der Waals surface area contributed by atoms with Crippen molar-refractivity contribution >= 4 is 11.7 Å². The third-order valence-corrected chi connectivity index (χ3v) is 3.76. The van der Waals surface area contributed by atoms with Gasteiger partial charge in [0, 0.05) is 5.69 Å². The molecule has 2 aromatic rings. The molecule has 0 aliphatic carbocycles. The molecule has 1 atom stereocenters. The first kappa shape index (κ1) is 20.6. The van der Waals surface area contributed by atoms with Crippen molar-refractivity contribution < 1.29 is 27.4 Å². The van der Waals surface area contributed by atoms with Crippen LogP contribution in [0.25, 0.3) is 0 Å². The predicted octanol–water partition coefficient (Wildman–Crippen LogP) is 4.91. The largest absolute Gasteiger partial charge is 0.497 e. The molecule has 2 aromatic carbocycles. The van der Waals surface area contributed by atoms with Crippen molar-refractivity contribution in [3.05, 3.63) is 60.2 Å². The molecular formula is C20H22F3NO3. The van der Waals surface area contributed by atoms with Crippen LogP contribution in [0.2, 0.25) is 0 Å². The van der Waals surface area contributed by atoms with Gasteiger partial charge in [0.1, 0.15) is 11.4 Å². The molecule has 27 heavy (non-hydrogen) atoms. The van der Waals surface area contributed by atoms with Crippen molar-refractivity contribution in [2.45, 2.75) is 38.1 Å². The van der Waals surface area contributed by atoms with Crippen molar-refractivity contribution in [3.63, 3.8) is 0 Å². The van der Waals surface area contributed by atoms with Crippen LogP contribution in [0.4, 0.5) is 18.9 Å². The van der Waals surface area contributed by atoms with E-state index in [0.717, 1.165) is 0 Å². The molecule has 146 valence electrons. The quantitative estimate of drug-likeness (QED) is 0.748. The third kappa shape index (κ3) is 4.53. The van der Waals surface area contributed by atoms with E-state index in [1.807, 2.05) is 0 Å². The molecule has 0 saturated carbocycles. The summed E-state index contributed by atoms with van der Waals surface area (Å²) in [5, 5.41) is 2.37. The molecule has 2 rings (SSSR count). The Morgan fingerprint density at radius 2 is 1.48 bits per heavy atom. The number of halogens is 3. The highest BCUT2D eigenvalue weighted by Gasteiger charge is 2.63. The smallest absolute Gasteiger partial charge is 0.426 e. The molecule has 0 saturated heterocycles. The Kier molecular flexibility index (Phi) is 5.73. The summed E-state index contributed by atoms with van der Waals surface area (Å²) in [7, 11) is 1.45. The Balaban J connectivity index is 2.61. The van der Waals surface area contributed by atoms with E-state index in [1.165, 1.54) is 76.4 Å². The third-order valence-electron chi connectivity index (χ3n) is 3.76. The minimum absolute atomic E-state index is 0.0998. The zero-order valence-corrected chi connectivity index (χ0v) is 15.6. The fourth-order valence-corrected chi connectivity index (χ4v) is 2.52. The number of hydrogen-bond donors (Lipinski definition) is 1. The molecule has 0 heterocycles. The number of alkyl halides is 3. The van der Waals surface area contributed by atoms with Gasteiger partial charge >= 0.3 is 12.1 Å². The highest BCUT2D eigenvalue weighted by atomic mass is 19.4. The Bertz CT molecular complexity index is 768. The summed E-state index contributed by atoms with van der Waals surface area (Å²) < 4.78 is 53.2. The van der Waals surface area contributed by atoms with Gasteiger partial charge in [-0.1, -0.05) is 30.3 Å². The van der Waals surface area contributed by atoms with Crippen molar-refractivity contribution in [1.82, 2.24) is 0 Å². The van der Waals surface area contributed by atoms with Gasteiger partial charge in [-0.15, -0.1) is 0 Å². The van der Waals surface area contributed by atoms with Gasteiger partial charge in [-0.25, -0.2) is 4.79 Å². The Labute approximate surface area is 156 Å². The normalized spacial score (nSPS) is 14.2. The maximum absolute atomic E-state index is 14.3. The lowest BCUT2D eigenvalue weighted by atomic mass is 9.88. The van der Waals surface area contributed by atoms with Crippen LogP contribution in [0.1, 0.15) is 26.3 Å². The maximum Gasteiger partial charge on any atom is 0.426 e. The molecule has 1 unspecified atom stereocenters. The van der Waals surface area contributed by atoms with E-state index in [0.29, 0.717) is 5.75 Å². The van der Waals surface area contributed by atoms with Gasteiger partial charge in [-0.3, -0.25) is 0 Å². The second-order valence-corrected chi connectivity index (χ2v) is 6.97. The zero-order chi connectivity index (χ0) is 20.3. The van der Waals surface area contributed by atoms with Crippen LogP contribution >= 0.6 is 0 Å². The fourth-order valence-electron chi connectivity index (χ4n) is 2.52. The lowest BCUT2D eigenvalue weighted by Gasteiger charge is -2.37. The highest BCUT2D eigenvalue weighted by Crippen LogP contribution is 2.43. The number of nitrogens with one attached hydrogen (secondary N) is 1. The first-order valence-electron chi connectivity index (χ1n) is 8.27. The highest BCUT2D eigenvalue weighted by molar-refractivity contribution is 5.88. The van der Waals surface area contributed by atoms with Gasteiger partial charge in [0.2, 0.25) is 0 Å². The monoisotopic (exact) mass is 381 g/mol. The Morgan fingerprint density at radius 3 is 1.93 bits per heavy atom. The molecule has 0 aliphatic rings. The minimum atomic E-state index is -4.96. The first-order valence-corrected chi connectivity index (χ1v) is 8.27. The van der Waals surface area contributed by atoms with Crippen molar-refractivity contribution in [2.24, 2.45) is 0 Å². The summed E-state index contributed by atoms with van der Waals surface area (Å²) in [6.45, 7) is 4.55. The number of benzene rings is 2. The van der Waals surface area contributed by atoms with E-state index in [4.69, 9.17) is 9.47 Å². The van der Waals surface area contributed by atoms with Gasteiger partial charge in [0.05, 0.1) is 7.11 Å². The van der Waals surface area contributed by atoms with E-state index in [2.05, 4.69) is 5.32 Å². The standard InChI is InChI=1S/C20H22F3NO3/c1-18(2,3)27-17(25)19(20(21,22)23,14-8-6-5-7-9-14)24-15-10-12-16(26-4)13-11-15/h5-13,24H,1-4H3. The fraction of sp³-hybridized carbons (Fsp3) is 0.350. The molecule has 0 radical (unpaired) electrons. The predicted molar refractivity (Wildman–Crippen MR) is 96.6 cm³/mol. The topological polar surface area (TPSA) is 47.6 Å². The number of hydrogen-bond acceptors (Lipinski definition) is 4. The van der Waals surface area contributed by atoms with E-state index >= 15 is 0 Å². The number of rotatable bonds is 5. The summed E-state index contributed by atoms with van der Waals surface area (Å²) >= 11 is 0. The van der Waals surface area contributed by atoms with Crippen molar-refractivity contribution in [2.75, 3.05) is 12.4 Å². The summed E-state index contributed by atoms with van der Waals surface area (Å²) in [6, 6.07) is 12.8. The molecule has 0 amide bonds. The molecule has 1 N–H and O–H groups in total. The van der Waals surface area contributed by atoms with Crippen LogP contribution in [0.15, 0.2) is 54.6 Å². The second kappa shape index (κ2) is 7.50. The molecule has 0 fully saturated rings. The number of ether oxygens (including phenoxy) is 2. The Hall–Kier alpha value is -2.70. The van der Waals surface area contributed by atoms with Gasteiger partial charge in [0.15, 0.2) is 0 Å². The molecular weight excluding hydrogens is 359 g/mol. The lowest BCUT2D eigenvalue weighted by Crippen LogP contribution is -2.57. The van der Waals surface area contributed by atoms with Crippen LogP contribution in [0, 0.1) is 0 Å². The number of esters is 1. The zero-order valence-electron chi connectivity index (χ0n) is 15.6. The van der Waals surface area contributed by atoms with E-state index in [9.17, 15) is 18.0 Å². The average Bonchev–Trinajstić information content (AvgIpc) is 2.58. The molecule has 0 aliphatic heterocycles. The van der Waals surface area contributed by atoms with Crippen LogP contribution in [-0.4, -0.2) is 24.9 Å². The summed E-state index contributed by atoms with van der Waals surface area (Å²) in [6.07, 6.45) is -4.96. The summed E-state index contributed by atoms with van der Waals surface area (Å²) in [5.41, 5.74) is -4.31. The summed E-state index contributed by atoms with van der Waals surface area (Å²) in [4.78, 5) is 12.8. The molecule has 4 nitrogen and oxygen atoms in total. The van der Waals surface area contributed by atoms with E-state index in [-0.39, 0.29) is 11.3 Å². The van der Waals surface area contributed by atoms with Crippen LogP contribution in [0.5, 0.6) is 5.75 Å². The van der Waals surface area contributed by atoms with Gasteiger partial charge in [0.25, 0.3) is 5.54 Å². The van der Waals surface area contributed by atoms with Crippen LogP contribution in [0.3, 0.4) is 0 Å². The minimum Gasteiger partial charge on any atom is -0.497 e. The SMILES string of the molecule is COc1ccc(NC(C(=O)OC(C)(C)C)(c2ccccc2)C(F)(F)F)cc1. The van der Waals surface area contributed by atoms with Crippen molar-refractivity contribution in [3.8, 4) is 5.75 Å². The van der Waals surface area contributed by atoms with Crippen LogP contribution < -0.4 is 10.1 Å². The van der Waals surface area contributed by atoms with Gasteiger partial charge in [-0.05, 0) is 50.6 Å².